The standard InChI is InChI=1S/C26H32N4O3/c31-20-6-5-19-13-22-26(33)7-1-11-30(24(32)15-23-27-9-2-10-28-23)17-25(26,21(19)14-20)8-12-29(22)16-18-3-4-18/h2,5-6,9-10,14,18,22,31,33H,1,3-4,7-8,11-13,15-17H2. The number of phenolic OH excluding ortho intramolecular Hbond substituents is 1. The normalized spacial score (nSPS) is 31.4. The molecule has 33 heavy (non-hydrogen) atoms. The Bertz CT molecular complexity index is 1060. The van der Waals surface area contributed by atoms with Crippen molar-refractivity contribution in [2.75, 3.05) is 26.2 Å². The van der Waals surface area contributed by atoms with Crippen molar-refractivity contribution in [2.24, 2.45) is 5.92 Å². The summed E-state index contributed by atoms with van der Waals surface area (Å²) in [5.41, 5.74) is 0.735. The van der Waals surface area contributed by atoms with Crippen LogP contribution in [-0.4, -0.2) is 73.7 Å². The molecule has 1 aromatic heterocycles. The molecule has 1 saturated carbocycles. The number of likely N-dealkylation sites (tertiary alicyclic amines) is 2. The fraction of sp³-hybridized carbons (Fsp3) is 0.577. The molecule has 3 unspecified atom stereocenters. The molecule has 174 valence electrons. The monoisotopic (exact) mass is 448 g/mol. The maximum absolute atomic E-state index is 13.4. The molecule has 2 saturated heterocycles. The van der Waals surface area contributed by atoms with Crippen molar-refractivity contribution in [3.8, 4) is 5.75 Å². The number of aromatic nitrogens is 2. The van der Waals surface area contributed by atoms with E-state index in [2.05, 4.69) is 14.9 Å². The minimum Gasteiger partial charge on any atom is -0.508 e. The van der Waals surface area contributed by atoms with Gasteiger partial charge in [0.15, 0.2) is 0 Å². The number of nitrogens with zero attached hydrogens (tertiary/aromatic N) is 4. The third-order valence-corrected chi connectivity index (χ3v) is 8.59. The summed E-state index contributed by atoms with van der Waals surface area (Å²) in [7, 11) is 0. The molecule has 4 aliphatic rings. The number of carbonyl (C=O) groups is 1. The van der Waals surface area contributed by atoms with Crippen molar-refractivity contribution < 1.29 is 15.0 Å². The van der Waals surface area contributed by atoms with E-state index >= 15 is 0 Å². The summed E-state index contributed by atoms with van der Waals surface area (Å²) in [6.07, 6.45) is 9.09. The van der Waals surface area contributed by atoms with Crippen LogP contribution in [0.1, 0.15) is 49.1 Å². The molecule has 2 aromatic rings. The highest BCUT2D eigenvalue weighted by Gasteiger charge is 2.64. The van der Waals surface area contributed by atoms with Gasteiger partial charge in [-0.2, -0.15) is 0 Å². The van der Waals surface area contributed by atoms with Crippen LogP contribution in [0.25, 0.3) is 0 Å². The Morgan fingerprint density at radius 1 is 1.15 bits per heavy atom. The quantitative estimate of drug-likeness (QED) is 0.744. The number of rotatable bonds is 4. The number of piperidine rings is 1. The molecule has 0 radical (unpaired) electrons. The van der Waals surface area contributed by atoms with Gasteiger partial charge in [0.2, 0.25) is 5.91 Å². The number of carbonyl (C=O) groups excluding carboxylic acids is 1. The van der Waals surface area contributed by atoms with Crippen molar-refractivity contribution in [1.29, 1.82) is 0 Å². The first kappa shape index (κ1) is 21.1. The van der Waals surface area contributed by atoms with E-state index in [0.29, 0.717) is 25.3 Å². The molecule has 3 heterocycles. The van der Waals surface area contributed by atoms with Gasteiger partial charge >= 0.3 is 0 Å². The van der Waals surface area contributed by atoms with Crippen LogP contribution < -0.4 is 0 Å². The molecule has 2 aliphatic heterocycles. The minimum absolute atomic E-state index is 0.00376. The molecule has 2 bridgehead atoms. The molecular weight excluding hydrogens is 416 g/mol. The second-order valence-corrected chi connectivity index (χ2v) is 10.5. The summed E-state index contributed by atoms with van der Waals surface area (Å²) in [6, 6.07) is 7.43. The Kier molecular flexibility index (Phi) is 4.96. The van der Waals surface area contributed by atoms with E-state index < -0.39 is 11.0 Å². The van der Waals surface area contributed by atoms with Crippen LogP contribution in [0.15, 0.2) is 36.7 Å². The number of phenols is 1. The Labute approximate surface area is 194 Å². The van der Waals surface area contributed by atoms with Crippen LogP contribution in [0.2, 0.25) is 0 Å². The van der Waals surface area contributed by atoms with Crippen LogP contribution in [0.3, 0.4) is 0 Å². The molecule has 3 atom stereocenters. The highest BCUT2D eigenvalue weighted by molar-refractivity contribution is 5.78. The van der Waals surface area contributed by atoms with Gasteiger partial charge in [-0.25, -0.2) is 9.97 Å². The van der Waals surface area contributed by atoms with Gasteiger partial charge in [-0.15, -0.1) is 0 Å². The van der Waals surface area contributed by atoms with E-state index in [1.54, 1.807) is 24.5 Å². The Morgan fingerprint density at radius 2 is 1.97 bits per heavy atom. The minimum atomic E-state index is -0.917. The van der Waals surface area contributed by atoms with Gasteiger partial charge in [0, 0.05) is 43.5 Å². The highest BCUT2D eigenvalue weighted by Crippen LogP contribution is 2.55. The number of aliphatic hydroxyl groups is 1. The molecular formula is C26H32N4O3. The lowest BCUT2D eigenvalue weighted by atomic mass is 9.53. The summed E-state index contributed by atoms with van der Waals surface area (Å²) in [4.78, 5) is 26.3. The van der Waals surface area contributed by atoms with Gasteiger partial charge in [0.1, 0.15) is 11.6 Å². The van der Waals surface area contributed by atoms with Crippen molar-refractivity contribution in [3.05, 3.63) is 53.6 Å². The number of amides is 1. The average Bonchev–Trinajstić information content (AvgIpc) is 3.63. The molecule has 2 N–H and O–H groups in total. The first-order valence-electron chi connectivity index (χ1n) is 12.3. The summed E-state index contributed by atoms with van der Waals surface area (Å²) < 4.78 is 0. The number of hydrogen-bond acceptors (Lipinski definition) is 6. The fourth-order valence-electron chi connectivity index (χ4n) is 6.77. The summed E-state index contributed by atoms with van der Waals surface area (Å²) in [6.45, 7) is 3.07. The van der Waals surface area contributed by atoms with Crippen LogP contribution in [0.5, 0.6) is 5.75 Å². The van der Waals surface area contributed by atoms with Crippen LogP contribution in [0, 0.1) is 5.92 Å². The topological polar surface area (TPSA) is 89.8 Å². The molecule has 0 spiro atoms. The lowest BCUT2D eigenvalue weighted by Gasteiger charge is -2.62. The molecule has 3 fully saturated rings. The third-order valence-electron chi connectivity index (χ3n) is 8.59. The number of hydrogen-bond donors (Lipinski definition) is 2. The van der Waals surface area contributed by atoms with E-state index in [0.717, 1.165) is 43.8 Å². The number of aromatic hydroxyl groups is 1. The third kappa shape index (κ3) is 3.44. The van der Waals surface area contributed by atoms with E-state index in [-0.39, 0.29) is 24.1 Å². The van der Waals surface area contributed by atoms with Crippen molar-refractivity contribution >= 4 is 5.91 Å². The van der Waals surface area contributed by atoms with Crippen molar-refractivity contribution in [2.45, 2.75) is 62.0 Å². The Balaban J connectivity index is 1.39. The molecule has 6 rings (SSSR count). The fourth-order valence-corrected chi connectivity index (χ4v) is 6.77. The van der Waals surface area contributed by atoms with E-state index in [9.17, 15) is 15.0 Å². The second kappa shape index (κ2) is 7.77. The summed E-state index contributed by atoms with van der Waals surface area (Å²) in [5.74, 6) is 1.52. The van der Waals surface area contributed by atoms with E-state index in [4.69, 9.17) is 0 Å². The average molecular weight is 449 g/mol. The highest BCUT2D eigenvalue weighted by atomic mass is 16.3. The Hall–Kier alpha value is -2.51. The van der Waals surface area contributed by atoms with Gasteiger partial charge in [-0.1, -0.05) is 6.07 Å². The lowest BCUT2D eigenvalue weighted by Crippen LogP contribution is -2.73. The summed E-state index contributed by atoms with van der Waals surface area (Å²) in [5, 5.41) is 22.9. The van der Waals surface area contributed by atoms with Crippen LogP contribution >= 0.6 is 0 Å². The van der Waals surface area contributed by atoms with Crippen LogP contribution in [-0.2, 0) is 23.1 Å². The van der Waals surface area contributed by atoms with Crippen LogP contribution in [0.4, 0.5) is 0 Å². The summed E-state index contributed by atoms with van der Waals surface area (Å²) >= 11 is 0. The zero-order chi connectivity index (χ0) is 22.6. The smallest absolute Gasteiger partial charge is 0.230 e. The molecule has 2 aliphatic carbocycles. The largest absolute Gasteiger partial charge is 0.508 e. The lowest BCUT2D eigenvalue weighted by molar-refractivity contribution is -0.154. The molecule has 1 aromatic carbocycles. The predicted molar refractivity (Wildman–Crippen MR) is 123 cm³/mol. The molecule has 7 nitrogen and oxygen atoms in total. The maximum Gasteiger partial charge on any atom is 0.230 e. The molecule has 7 heteroatoms. The molecule has 1 amide bonds. The van der Waals surface area contributed by atoms with Gasteiger partial charge in [0.25, 0.3) is 0 Å². The zero-order valence-corrected chi connectivity index (χ0v) is 19.0. The van der Waals surface area contributed by atoms with Crippen molar-refractivity contribution in [1.82, 2.24) is 19.8 Å². The number of benzene rings is 1. The first-order valence-corrected chi connectivity index (χ1v) is 12.3. The maximum atomic E-state index is 13.4. The SMILES string of the molecule is O=C(Cc1ncccn1)N1CCCC2(O)C3Cc4ccc(O)cc4C2(CCN3CC2CC2)C1. The first-order chi connectivity index (χ1) is 16.0. The van der Waals surface area contributed by atoms with E-state index in [1.807, 2.05) is 17.0 Å². The van der Waals surface area contributed by atoms with Gasteiger partial charge in [0.05, 0.1) is 12.0 Å². The zero-order valence-electron chi connectivity index (χ0n) is 19.0. The number of fused-ring (bicyclic) bond motifs is 1. The second-order valence-electron chi connectivity index (χ2n) is 10.5. The van der Waals surface area contributed by atoms with Crippen molar-refractivity contribution in [3.63, 3.8) is 0 Å². The van der Waals surface area contributed by atoms with E-state index in [1.165, 1.54) is 18.4 Å². The van der Waals surface area contributed by atoms with Gasteiger partial charge in [-0.05, 0) is 80.3 Å². The Morgan fingerprint density at radius 3 is 2.76 bits per heavy atom. The predicted octanol–water partition coefficient (Wildman–Crippen LogP) is 2.06. The van der Waals surface area contributed by atoms with Gasteiger partial charge in [-0.3, -0.25) is 9.69 Å². The van der Waals surface area contributed by atoms with Gasteiger partial charge < -0.3 is 15.1 Å².